The number of piperidine rings is 1. The van der Waals surface area contributed by atoms with Crippen LogP contribution >= 0.6 is 0 Å². The summed E-state index contributed by atoms with van der Waals surface area (Å²) in [7, 11) is 0. The lowest BCUT2D eigenvalue weighted by atomic mass is 9.88. The standard InChI is InChI=1S/C17H25NO2/c1-11-6-4-9-14-16(15(19)10-20-17(11)14)18-12(2)7-5-8-13(18)3/h4,6,9,12-13,15-16,19H,5,7-8,10H2,1-3H3. The van der Waals surface area contributed by atoms with E-state index in [1.807, 2.05) is 0 Å². The monoisotopic (exact) mass is 275 g/mol. The number of hydrogen-bond donors (Lipinski definition) is 1. The number of nitrogens with zero attached hydrogens (tertiary/aromatic N) is 1. The molecular weight excluding hydrogens is 250 g/mol. The normalized spacial score (nSPS) is 34.4. The molecule has 2 aliphatic rings. The van der Waals surface area contributed by atoms with E-state index in [9.17, 15) is 5.11 Å². The van der Waals surface area contributed by atoms with Crippen molar-refractivity contribution in [2.24, 2.45) is 0 Å². The largest absolute Gasteiger partial charge is 0.490 e. The second-order valence-electron chi connectivity index (χ2n) is 6.39. The number of ether oxygens (including phenoxy) is 1. The maximum absolute atomic E-state index is 10.5. The molecule has 1 N–H and O–H groups in total. The number of para-hydroxylation sites is 1. The lowest BCUT2D eigenvalue weighted by Gasteiger charge is -2.47. The van der Waals surface area contributed by atoms with E-state index in [0.29, 0.717) is 18.7 Å². The van der Waals surface area contributed by atoms with Crippen LogP contribution in [-0.4, -0.2) is 34.8 Å². The summed E-state index contributed by atoms with van der Waals surface area (Å²) in [6.07, 6.45) is 3.29. The predicted molar refractivity (Wildman–Crippen MR) is 80.0 cm³/mol. The molecule has 3 heteroatoms. The van der Waals surface area contributed by atoms with Gasteiger partial charge in [0.2, 0.25) is 0 Å². The summed E-state index contributed by atoms with van der Waals surface area (Å²) in [4.78, 5) is 2.51. The molecule has 1 aromatic rings. The maximum Gasteiger partial charge on any atom is 0.127 e. The molecule has 0 spiro atoms. The average molecular weight is 275 g/mol. The molecule has 0 bridgehead atoms. The van der Waals surface area contributed by atoms with Crippen LogP contribution in [0.25, 0.3) is 0 Å². The highest BCUT2D eigenvalue weighted by Crippen LogP contribution is 2.42. The fourth-order valence-electron chi connectivity index (χ4n) is 3.92. The first-order chi connectivity index (χ1) is 9.59. The first kappa shape index (κ1) is 13.9. The molecule has 4 unspecified atom stereocenters. The van der Waals surface area contributed by atoms with Crippen molar-refractivity contribution in [2.75, 3.05) is 6.61 Å². The van der Waals surface area contributed by atoms with E-state index in [1.165, 1.54) is 19.3 Å². The van der Waals surface area contributed by atoms with Crippen LogP contribution in [0.2, 0.25) is 0 Å². The van der Waals surface area contributed by atoms with E-state index in [1.54, 1.807) is 0 Å². The van der Waals surface area contributed by atoms with Crippen LogP contribution in [0.1, 0.15) is 50.3 Å². The van der Waals surface area contributed by atoms with Gasteiger partial charge in [-0.25, -0.2) is 0 Å². The third-order valence-corrected chi connectivity index (χ3v) is 4.91. The van der Waals surface area contributed by atoms with Crippen molar-refractivity contribution in [3.63, 3.8) is 0 Å². The van der Waals surface area contributed by atoms with E-state index in [0.717, 1.165) is 16.9 Å². The maximum atomic E-state index is 10.5. The molecule has 0 aliphatic carbocycles. The Kier molecular flexibility index (Phi) is 3.74. The topological polar surface area (TPSA) is 32.7 Å². The number of aliphatic hydroxyl groups is 1. The Bertz CT molecular complexity index is 478. The molecule has 0 saturated carbocycles. The Morgan fingerprint density at radius 3 is 2.60 bits per heavy atom. The van der Waals surface area contributed by atoms with Gasteiger partial charge in [-0.15, -0.1) is 0 Å². The SMILES string of the molecule is Cc1cccc2c1OCC(O)C2N1C(C)CCCC1C. The van der Waals surface area contributed by atoms with Crippen LogP contribution in [0.15, 0.2) is 18.2 Å². The molecule has 20 heavy (non-hydrogen) atoms. The summed E-state index contributed by atoms with van der Waals surface area (Å²) in [6.45, 7) is 7.05. The highest BCUT2D eigenvalue weighted by Gasteiger charge is 2.40. The Hall–Kier alpha value is -1.06. The van der Waals surface area contributed by atoms with Gasteiger partial charge in [-0.05, 0) is 39.2 Å². The molecule has 0 radical (unpaired) electrons. The van der Waals surface area contributed by atoms with Crippen molar-refractivity contribution in [1.29, 1.82) is 0 Å². The smallest absolute Gasteiger partial charge is 0.127 e. The van der Waals surface area contributed by atoms with Gasteiger partial charge in [0.1, 0.15) is 18.5 Å². The van der Waals surface area contributed by atoms with Crippen molar-refractivity contribution in [1.82, 2.24) is 4.90 Å². The summed E-state index contributed by atoms with van der Waals surface area (Å²) in [6, 6.07) is 7.38. The van der Waals surface area contributed by atoms with Gasteiger partial charge in [0.15, 0.2) is 0 Å². The molecule has 3 nitrogen and oxygen atoms in total. The van der Waals surface area contributed by atoms with Gasteiger partial charge in [0.25, 0.3) is 0 Å². The molecule has 110 valence electrons. The lowest BCUT2D eigenvalue weighted by Crippen LogP contribution is -2.51. The van der Waals surface area contributed by atoms with Gasteiger partial charge < -0.3 is 9.84 Å². The number of aryl methyl sites for hydroxylation is 1. The molecule has 1 fully saturated rings. The minimum Gasteiger partial charge on any atom is -0.490 e. The van der Waals surface area contributed by atoms with Crippen LogP contribution < -0.4 is 4.74 Å². The molecule has 1 saturated heterocycles. The van der Waals surface area contributed by atoms with Gasteiger partial charge in [0, 0.05) is 17.6 Å². The summed E-state index contributed by atoms with van der Waals surface area (Å²) in [5, 5.41) is 10.5. The summed E-state index contributed by atoms with van der Waals surface area (Å²) >= 11 is 0. The van der Waals surface area contributed by atoms with Crippen LogP contribution in [-0.2, 0) is 0 Å². The zero-order valence-corrected chi connectivity index (χ0v) is 12.7. The third kappa shape index (κ3) is 2.23. The third-order valence-electron chi connectivity index (χ3n) is 4.91. The van der Waals surface area contributed by atoms with Gasteiger partial charge in [-0.1, -0.05) is 24.6 Å². The predicted octanol–water partition coefficient (Wildman–Crippen LogP) is 3.05. The van der Waals surface area contributed by atoms with Crippen molar-refractivity contribution in [2.45, 2.75) is 64.3 Å². The summed E-state index contributed by atoms with van der Waals surface area (Å²) in [5.74, 6) is 0.979. The van der Waals surface area contributed by atoms with E-state index < -0.39 is 6.10 Å². The van der Waals surface area contributed by atoms with Crippen LogP contribution in [0.5, 0.6) is 5.75 Å². The van der Waals surface area contributed by atoms with Gasteiger partial charge >= 0.3 is 0 Å². The Morgan fingerprint density at radius 1 is 1.20 bits per heavy atom. The van der Waals surface area contributed by atoms with Crippen molar-refractivity contribution < 1.29 is 9.84 Å². The lowest BCUT2D eigenvalue weighted by molar-refractivity contribution is -0.0457. The van der Waals surface area contributed by atoms with Gasteiger partial charge in [-0.3, -0.25) is 4.90 Å². The minimum absolute atomic E-state index is 0.0731. The first-order valence-corrected chi connectivity index (χ1v) is 7.77. The Labute approximate surface area is 121 Å². The van der Waals surface area contributed by atoms with Crippen LogP contribution in [0.3, 0.4) is 0 Å². The van der Waals surface area contributed by atoms with Gasteiger partial charge in [-0.2, -0.15) is 0 Å². The van der Waals surface area contributed by atoms with E-state index >= 15 is 0 Å². The number of hydrogen-bond acceptors (Lipinski definition) is 3. The van der Waals surface area contributed by atoms with E-state index in [-0.39, 0.29) is 6.04 Å². The number of rotatable bonds is 1. The second kappa shape index (κ2) is 5.38. The summed E-state index contributed by atoms with van der Waals surface area (Å²) < 4.78 is 5.78. The minimum atomic E-state index is -0.438. The quantitative estimate of drug-likeness (QED) is 0.855. The molecule has 2 aliphatic heterocycles. The van der Waals surface area contributed by atoms with Crippen LogP contribution in [0, 0.1) is 6.92 Å². The highest BCUT2D eigenvalue weighted by atomic mass is 16.5. The molecule has 0 aromatic heterocycles. The molecular formula is C17H25NO2. The van der Waals surface area contributed by atoms with Crippen molar-refractivity contribution in [3.05, 3.63) is 29.3 Å². The van der Waals surface area contributed by atoms with E-state index in [4.69, 9.17) is 4.74 Å². The summed E-state index contributed by atoms with van der Waals surface area (Å²) in [5.41, 5.74) is 2.32. The number of benzene rings is 1. The number of fused-ring (bicyclic) bond motifs is 1. The first-order valence-electron chi connectivity index (χ1n) is 7.77. The van der Waals surface area contributed by atoms with Crippen molar-refractivity contribution >= 4 is 0 Å². The average Bonchev–Trinajstić information content (AvgIpc) is 2.41. The zero-order valence-electron chi connectivity index (χ0n) is 12.7. The van der Waals surface area contributed by atoms with E-state index in [2.05, 4.69) is 43.9 Å². The number of likely N-dealkylation sites (tertiary alicyclic amines) is 1. The molecule has 0 amide bonds. The molecule has 2 heterocycles. The zero-order chi connectivity index (χ0) is 14.3. The molecule has 4 atom stereocenters. The molecule has 3 rings (SSSR count). The number of aliphatic hydroxyl groups excluding tert-OH is 1. The highest BCUT2D eigenvalue weighted by molar-refractivity contribution is 5.44. The molecule has 1 aromatic carbocycles. The fourth-order valence-corrected chi connectivity index (χ4v) is 3.92. The van der Waals surface area contributed by atoms with Crippen molar-refractivity contribution in [3.8, 4) is 5.75 Å². The van der Waals surface area contributed by atoms with Crippen LogP contribution in [0.4, 0.5) is 0 Å². The Morgan fingerprint density at radius 2 is 1.90 bits per heavy atom. The fraction of sp³-hybridized carbons (Fsp3) is 0.647. The Balaban J connectivity index is 2.02. The second-order valence-corrected chi connectivity index (χ2v) is 6.39. The van der Waals surface area contributed by atoms with Gasteiger partial charge in [0.05, 0.1) is 6.04 Å².